The van der Waals surface area contributed by atoms with Crippen LogP contribution in [0.4, 0.5) is 4.39 Å². The van der Waals surface area contributed by atoms with Crippen LogP contribution in [-0.2, 0) is 11.3 Å². The van der Waals surface area contributed by atoms with Crippen molar-refractivity contribution in [1.82, 2.24) is 4.90 Å². The van der Waals surface area contributed by atoms with Gasteiger partial charge in [0.25, 0.3) is 0 Å². The van der Waals surface area contributed by atoms with E-state index in [1.54, 1.807) is 13.2 Å². The van der Waals surface area contributed by atoms with E-state index in [1.165, 1.54) is 6.07 Å². The number of hydrogen-bond acceptors (Lipinski definition) is 2. The van der Waals surface area contributed by atoms with E-state index in [0.717, 1.165) is 36.1 Å². The zero-order chi connectivity index (χ0) is 12.7. The summed E-state index contributed by atoms with van der Waals surface area (Å²) in [5.41, 5.74) is 2.17. The topological polar surface area (TPSA) is 12.5 Å². The minimum absolute atomic E-state index is 0.170. The molecular formula is C13H19BrFNO. The van der Waals surface area contributed by atoms with Crippen LogP contribution in [-0.4, -0.2) is 37.0 Å². The first kappa shape index (κ1) is 14.6. The second kappa shape index (κ2) is 7.80. The SMILES string of the molecule is COCCN(CCBr)Cc1cc(F)ccc1C. The Labute approximate surface area is 111 Å². The molecule has 0 unspecified atom stereocenters. The smallest absolute Gasteiger partial charge is 0.123 e. The molecule has 0 amide bonds. The molecule has 0 saturated carbocycles. The highest BCUT2D eigenvalue weighted by atomic mass is 79.9. The molecule has 0 bridgehead atoms. The lowest BCUT2D eigenvalue weighted by Gasteiger charge is -2.22. The molecule has 0 aromatic heterocycles. The minimum Gasteiger partial charge on any atom is -0.383 e. The van der Waals surface area contributed by atoms with Crippen molar-refractivity contribution in [1.29, 1.82) is 0 Å². The van der Waals surface area contributed by atoms with Gasteiger partial charge in [0, 0.05) is 32.1 Å². The number of nitrogens with zero attached hydrogens (tertiary/aromatic N) is 1. The van der Waals surface area contributed by atoms with Crippen molar-refractivity contribution in [2.75, 3.05) is 32.1 Å². The Balaban J connectivity index is 2.67. The van der Waals surface area contributed by atoms with Gasteiger partial charge >= 0.3 is 0 Å². The van der Waals surface area contributed by atoms with Crippen LogP contribution in [0.1, 0.15) is 11.1 Å². The van der Waals surface area contributed by atoms with Crippen molar-refractivity contribution >= 4 is 15.9 Å². The fourth-order valence-corrected chi connectivity index (χ4v) is 2.16. The van der Waals surface area contributed by atoms with Crippen molar-refractivity contribution in [3.05, 3.63) is 35.1 Å². The van der Waals surface area contributed by atoms with Gasteiger partial charge < -0.3 is 4.74 Å². The summed E-state index contributed by atoms with van der Waals surface area (Å²) in [5, 5.41) is 0.908. The molecule has 0 aliphatic heterocycles. The monoisotopic (exact) mass is 303 g/mol. The predicted molar refractivity (Wildman–Crippen MR) is 72.1 cm³/mol. The summed E-state index contributed by atoms with van der Waals surface area (Å²) in [4.78, 5) is 2.25. The molecule has 1 rings (SSSR count). The zero-order valence-electron chi connectivity index (χ0n) is 10.4. The first-order valence-corrected chi connectivity index (χ1v) is 6.81. The third-order valence-electron chi connectivity index (χ3n) is 2.72. The Kier molecular flexibility index (Phi) is 6.70. The summed E-state index contributed by atoms with van der Waals surface area (Å²) in [6, 6.07) is 4.94. The molecule has 0 atom stereocenters. The zero-order valence-corrected chi connectivity index (χ0v) is 12.0. The van der Waals surface area contributed by atoms with Gasteiger partial charge in [0.2, 0.25) is 0 Å². The average Bonchev–Trinajstić information content (AvgIpc) is 2.31. The molecule has 96 valence electrons. The fourth-order valence-electron chi connectivity index (χ4n) is 1.66. The number of halogens is 2. The first-order chi connectivity index (χ1) is 8.17. The van der Waals surface area contributed by atoms with E-state index in [-0.39, 0.29) is 5.82 Å². The molecule has 1 aromatic rings. The Morgan fingerprint density at radius 3 is 2.76 bits per heavy atom. The molecule has 0 fully saturated rings. The van der Waals surface area contributed by atoms with Crippen LogP contribution in [0.25, 0.3) is 0 Å². The van der Waals surface area contributed by atoms with Gasteiger partial charge in [-0.3, -0.25) is 4.90 Å². The van der Waals surface area contributed by atoms with Gasteiger partial charge in [-0.05, 0) is 30.2 Å². The summed E-state index contributed by atoms with van der Waals surface area (Å²) in [6.45, 7) is 5.26. The normalized spacial score (nSPS) is 11.1. The first-order valence-electron chi connectivity index (χ1n) is 5.69. The quantitative estimate of drug-likeness (QED) is 0.718. The van der Waals surface area contributed by atoms with Gasteiger partial charge in [0.1, 0.15) is 5.82 Å². The molecule has 0 spiro atoms. The predicted octanol–water partition coefficient (Wildman–Crippen LogP) is 2.98. The van der Waals surface area contributed by atoms with Crippen molar-refractivity contribution in [3.8, 4) is 0 Å². The van der Waals surface area contributed by atoms with Crippen LogP contribution in [0.15, 0.2) is 18.2 Å². The standard InChI is InChI=1S/C13H19BrFNO/c1-11-3-4-13(15)9-12(11)10-16(6-5-14)7-8-17-2/h3-4,9H,5-8,10H2,1-2H3. The van der Waals surface area contributed by atoms with E-state index < -0.39 is 0 Å². The Morgan fingerprint density at radius 1 is 1.35 bits per heavy atom. The molecule has 0 radical (unpaired) electrons. The van der Waals surface area contributed by atoms with Crippen LogP contribution in [0.3, 0.4) is 0 Å². The molecule has 17 heavy (non-hydrogen) atoms. The van der Waals surface area contributed by atoms with Crippen molar-refractivity contribution in [2.24, 2.45) is 0 Å². The molecule has 2 nitrogen and oxygen atoms in total. The van der Waals surface area contributed by atoms with E-state index in [2.05, 4.69) is 20.8 Å². The number of benzene rings is 1. The van der Waals surface area contributed by atoms with Gasteiger partial charge in [0.05, 0.1) is 6.61 Å². The van der Waals surface area contributed by atoms with E-state index in [0.29, 0.717) is 6.61 Å². The number of ether oxygens (including phenoxy) is 1. The molecule has 0 aliphatic carbocycles. The number of alkyl halides is 1. The fraction of sp³-hybridized carbons (Fsp3) is 0.538. The van der Waals surface area contributed by atoms with Gasteiger partial charge in [0.15, 0.2) is 0 Å². The maximum atomic E-state index is 13.2. The van der Waals surface area contributed by atoms with Crippen molar-refractivity contribution in [3.63, 3.8) is 0 Å². The van der Waals surface area contributed by atoms with Gasteiger partial charge in [-0.15, -0.1) is 0 Å². The Morgan fingerprint density at radius 2 is 2.12 bits per heavy atom. The third-order valence-corrected chi connectivity index (χ3v) is 3.07. The lowest BCUT2D eigenvalue weighted by molar-refractivity contribution is 0.148. The molecular weight excluding hydrogens is 285 g/mol. The minimum atomic E-state index is -0.170. The number of methoxy groups -OCH3 is 1. The Bertz CT molecular complexity index is 346. The lowest BCUT2D eigenvalue weighted by atomic mass is 10.1. The van der Waals surface area contributed by atoms with E-state index in [1.807, 2.05) is 13.0 Å². The number of aryl methyl sites for hydroxylation is 1. The van der Waals surface area contributed by atoms with Crippen LogP contribution >= 0.6 is 15.9 Å². The summed E-state index contributed by atoms with van der Waals surface area (Å²) >= 11 is 3.43. The highest BCUT2D eigenvalue weighted by Gasteiger charge is 2.08. The second-order valence-corrected chi connectivity index (χ2v) is 4.82. The molecule has 0 heterocycles. The van der Waals surface area contributed by atoms with Crippen molar-refractivity contribution in [2.45, 2.75) is 13.5 Å². The van der Waals surface area contributed by atoms with Crippen LogP contribution in [0, 0.1) is 12.7 Å². The summed E-state index contributed by atoms with van der Waals surface area (Å²) in [7, 11) is 1.69. The maximum absolute atomic E-state index is 13.2. The summed E-state index contributed by atoms with van der Waals surface area (Å²) in [5.74, 6) is -0.170. The second-order valence-electron chi connectivity index (χ2n) is 4.03. The van der Waals surface area contributed by atoms with Crippen LogP contribution < -0.4 is 0 Å². The number of rotatable bonds is 7. The highest BCUT2D eigenvalue weighted by Crippen LogP contribution is 2.13. The molecule has 1 aromatic carbocycles. The lowest BCUT2D eigenvalue weighted by Crippen LogP contribution is -2.29. The van der Waals surface area contributed by atoms with Crippen molar-refractivity contribution < 1.29 is 9.13 Å². The highest BCUT2D eigenvalue weighted by molar-refractivity contribution is 9.09. The molecule has 0 saturated heterocycles. The maximum Gasteiger partial charge on any atom is 0.123 e. The van der Waals surface area contributed by atoms with E-state index in [4.69, 9.17) is 4.74 Å². The van der Waals surface area contributed by atoms with Crippen LogP contribution in [0.2, 0.25) is 0 Å². The van der Waals surface area contributed by atoms with E-state index in [9.17, 15) is 4.39 Å². The molecule has 0 aliphatic rings. The van der Waals surface area contributed by atoms with Crippen LogP contribution in [0.5, 0.6) is 0 Å². The Hall–Kier alpha value is -0.450. The van der Waals surface area contributed by atoms with Gasteiger partial charge in [-0.25, -0.2) is 4.39 Å². The average molecular weight is 304 g/mol. The third kappa shape index (κ3) is 5.15. The van der Waals surface area contributed by atoms with Gasteiger partial charge in [-0.1, -0.05) is 22.0 Å². The summed E-state index contributed by atoms with van der Waals surface area (Å²) < 4.78 is 18.3. The molecule has 4 heteroatoms. The largest absolute Gasteiger partial charge is 0.383 e. The molecule has 0 N–H and O–H groups in total. The van der Waals surface area contributed by atoms with E-state index >= 15 is 0 Å². The summed E-state index contributed by atoms with van der Waals surface area (Å²) in [6.07, 6.45) is 0. The van der Waals surface area contributed by atoms with Gasteiger partial charge in [-0.2, -0.15) is 0 Å². The number of hydrogen-bond donors (Lipinski definition) is 0.